The molecule has 2 aromatic rings. The number of fused-ring (bicyclic) bond motifs is 1. The molecule has 0 bridgehead atoms. The Morgan fingerprint density at radius 1 is 1.00 bits per heavy atom. The molecule has 0 atom stereocenters. The average Bonchev–Trinajstić information content (AvgIpc) is 3.00. The summed E-state index contributed by atoms with van der Waals surface area (Å²) in [4.78, 5) is 0.317. The molecule has 0 aliphatic carbocycles. The highest BCUT2D eigenvalue weighted by Crippen LogP contribution is 2.18. The van der Waals surface area contributed by atoms with Gasteiger partial charge in [-0.05, 0) is 46.7 Å². The lowest BCUT2D eigenvalue weighted by atomic mass is 10.0. The van der Waals surface area contributed by atoms with Crippen molar-refractivity contribution < 1.29 is 8.42 Å². The molecule has 0 saturated heterocycles. The summed E-state index contributed by atoms with van der Waals surface area (Å²) in [5, 5.41) is 3.29. The van der Waals surface area contributed by atoms with Crippen LogP contribution >= 0.6 is 0 Å². The van der Waals surface area contributed by atoms with Crippen molar-refractivity contribution in [2.45, 2.75) is 44.8 Å². The third-order valence-corrected chi connectivity index (χ3v) is 5.66. The predicted octanol–water partition coefficient (Wildman–Crippen LogP) is 2.97. The Bertz CT molecular complexity index is 812. The first-order chi connectivity index (χ1) is 11.4. The molecule has 128 valence electrons. The molecule has 0 fully saturated rings. The van der Waals surface area contributed by atoms with Crippen LogP contribution in [0.5, 0.6) is 0 Å². The van der Waals surface area contributed by atoms with E-state index in [1.54, 1.807) is 12.1 Å². The normalized spacial score (nSPS) is 14.1. The Balaban J connectivity index is 1.67. The summed E-state index contributed by atoms with van der Waals surface area (Å²) in [6, 6.07) is 13.3. The summed E-state index contributed by atoms with van der Waals surface area (Å²) in [5.41, 5.74) is 4.69. The van der Waals surface area contributed by atoms with E-state index in [1.807, 2.05) is 18.2 Å². The molecule has 0 saturated carbocycles. The van der Waals surface area contributed by atoms with Crippen LogP contribution in [-0.2, 0) is 36.1 Å². The lowest BCUT2D eigenvalue weighted by molar-refractivity contribution is 0.581. The van der Waals surface area contributed by atoms with E-state index >= 15 is 0 Å². The smallest absolute Gasteiger partial charge is 0.240 e. The molecule has 1 heterocycles. The van der Waals surface area contributed by atoms with Gasteiger partial charge in [-0.25, -0.2) is 13.1 Å². The Morgan fingerprint density at radius 2 is 1.67 bits per heavy atom. The third kappa shape index (κ3) is 4.04. The van der Waals surface area contributed by atoms with Crippen LogP contribution < -0.4 is 10.0 Å². The van der Waals surface area contributed by atoms with Gasteiger partial charge in [-0.2, -0.15) is 0 Å². The van der Waals surface area contributed by atoms with Gasteiger partial charge in [-0.15, -0.1) is 0 Å². The Morgan fingerprint density at radius 3 is 2.38 bits per heavy atom. The summed E-state index contributed by atoms with van der Waals surface area (Å²) < 4.78 is 27.6. The second-order valence-electron chi connectivity index (χ2n) is 6.77. The molecule has 4 nitrogen and oxygen atoms in total. The molecule has 3 rings (SSSR count). The van der Waals surface area contributed by atoms with Crippen LogP contribution in [0, 0.1) is 5.92 Å². The lowest BCUT2D eigenvalue weighted by Crippen LogP contribution is -2.23. The van der Waals surface area contributed by atoms with Crippen LogP contribution in [0.1, 0.15) is 36.1 Å². The van der Waals surface area contributed by atoms with Crippen LogP contribution in [0.2, 0.25) is 0 Å². The number of rotatable bonds is 6. The highest BCUT2D eigenvalue weighted by atomic mass is 32.2. The molecule has 0 amide bonds. The highest BCUT2D eigenvalue weighted by Gasteiger charge is 2.15. The highest BCUT2D eigenvalue weighted by molar-refractivity contribution is 7.89. The van der Waals surface area contributed by atoms with Crippen molar-refractivity contribution in [2.24, 2.45) is 5.92 Å². The second kappa shape index (κ2) is 7.05. The van der Waals surface area contributed by atoms with E-state index in [4.69, 9.17) is 0 Å². The first-order valence-electron chi connectivity index (χ1n) is 8.34. The minimum Gasteiger partial charge on any atom is -0.309 e. The average molecular weight is 344 g/mol. The van der Waals surface area contributed by atoms with Crippen LogP contribution in [0.3, 0.4) is 0 Å². The van der Waals surface area contributed by atoms with Gasteiger partial charge in [0.25, 0.3) is 0 Å². The van der Waals surface area contributed by atoms with E-state index in [2.05, 4.69) is 36.0 Å². The molecule has 1 aliphatic heterocycles. The minimum absolute atomic E-state index is 0.309. The molecule has 0 aromatic heterocycles. The van der Waals surface area contributed by atoms with Crippen molar-refractivity contribution in [1.29, 1.82) is 0 Å². The molecule has 1 aliphatic rings. The van der Waals surface area contributed by atoms with Crippen molar-refractivity contribution in [2.75, 3.05) is 0 Å². The maximum Gasteiger partial charge on any atom is 0.240 e. The standard InChI is InChI=1S/C19H24N2O2S/c1-14(2)9-15-4-7-19(8-5-15)24(22,23)21-11-16-3-6-17-12-20-13-18(17)10-16/h3-8,10,14,20-21H,9,11-13H2,1-2H3. The summed E-state index contributed by atoms with van der Waals surface area (Å²) >= 11 is 0. The lowest BCUT2D eigenvalue weighted by Gasteiger charge is -2.10. The fourth-order valence-electron chi connectivity index (χ4n) is 3.00. The maximum atomic E-state index is 12.4. The summed E-state index contributed by atoms with van der Waals surface area (Å²) in [6.45, 7) is 6.36. The fourth-order valence-corrected chi connectivity index (χ4v) is 4.01. The first-order valence-corrected chi connectivity index (χ1v) is 9.82. The summed E-state index contributed by atoms with van der Waals surface area (Å²) in [5.74, 6) is 0.555. The fraction of sp³-hybridized carbons (Fsp3) is 0.368. The van der Waals surface area contributed by atoms with Gasteiger partial charge in [0, 0.05) is 19.6 Å². The SMILES string of the molecule is CC(C)Cc1ccc(S(=O)(=O)NCc2ccc3c(c2)CNC3)cc1. The van der Waals surface area contributed by atoms with Crippen molar-refractivity contribution in [3.8, 4) is 0 Å². The van der Waals surface area contributed by atoms with Gasteiger partial charge >= 0.3 is 0 Å². The van der Waals surface area contributed by atoms with E-state index in [1.165, 1.54) is 11.1 Å². The summed E-state index contributed by atoms with van der Waals surface area (Å²) in [6.07, 6.45) is 0.955. The second-order valence-corrected chi connectivity index (χ2v) is 8.54. The first kappa shape index (κ1) is 17.1. The molecule has 0 unspecified atom stereocenters. The Kier molecular flexibility index (Phi) is 5.04. The number of nitrogens with one attached hydrogen (secondary N) is 2. The molecule has 5 heteroatoms. The Hall–Kier alpha value is -1.69. The number of sulfonamides is 1. The molecule has 2 N–H and O–H groups in total. The van der Waals surface area contributed by atoms with Crippen molar-refractivity contribution >= 4 is 10.0 Å². The van der Waals surface area contributed by atoms with E-state index in [0.29, 0.717) is 17.4 Å². The van der Waals surface area contributed by atoms with Gasteiger partial charge in [0.15, 0.2) is 0 Å². The van der Waals surface area contributed by atoms with Crippen LogP contribution in [0.4, 0.5) is 0 Å². The van der Waals surface area contributed by atoms with E-state index in [-0.39, 0.29) is 0 Å². The van der Waals surface area contributed by atoms with E-state index < -0.39 is 10.0 Å². The topological polar surface area (TPSA) is 58.2 Å². The zero-order valence-corrected chi connectivity index (χ0v) is 15.0. The van der Waals surface area contributed by atoms with Crippen molar-refractivity contribution in [3.63, 3.8) is 0 Å². The molecule has 0 spiro atoms. The zero-order chi connectivity index (χ0) is 17.2. The van der Waals surface area contributed by atoms with Crippen LogP contribution in [0.15, 0.2) is 47.4 Å². The van der Waals surface area contributed by atoms with Gasteiger partial charge in [0.05, 0.1) is 4.90 Å². The van der Waals surface area contributed by atoms with Gasteiger partial charge in [0.1, 0.15) is 0 Å². The van der Waals surface area contributed by atoms with Crippen LogP contribution in [0.25, 0.3) is 0 Å². The van der Waals surface area contributed by atoms with E-state index in [0.717, 1.165) is 30.6 Å². The third-order valence-electron chi connectivity index (χ3n) is 4.25. The number of hydrogen-bond acceptors (Lipinski definition) is 3. The molecular weight excluding hydrogens is 320 g/mol. The van der Waals surface area contributed by atoms with Gasteiger partial charge < -0.3 is 5.32 Å². The van der Waals surface area contributed by atoms with Gasteiger partial charge in [-0.3, -0.25) is 0 Å². The predicted molar refractivity (Wildman–Crippen MR) is 96.0 cm³/mol. The maximum absolute atomic E-state index is 12.4. The monoisotopic (exact) mass is 344 g/mol. The largest absolute Gasteiger partial charge is 0.309 e. The number of benzene rings is 2. The van der Waals surface area contributed by atoms with Gasteiger partial charge in [0.2, 0.25) is 10.0 Å². The molecule has 24 heavy (non-hydrogen) atoms. The molecule has 2 aromatic carbocycles. The quantitative estimate of drug-likeness (QED) is 0.847. The Labute approximate surface area is 144 Å². The van der Waals surface area contributed by atoms with Crippen molar-refractivity contribution in [3.05, 3.63) is 64.7 Å². The molecule has 0 radical (unpaired) electrons. The van der Waals surface area contributed by atoms with Gasteiger partial charge in [-0.1, -0.05) is 44.2 Å². The van der Waals surface area contributed by atoms with Crippen LogP contribution in [-0.4, -0.2) is 8.42 Å². The number of hydrogen-bond donors (Lipinski definition) is 2. The van der Waals surface area contributed by atoms with E-state index in [9.17, 15) is 8.42 Å². The zero-order valence-electron chi connectivity index (χ0n) is 14.2. The molecular formula is C19H24N2O2S. The summed E-state index contributed by atoms with van der Waals surface area (Å²) in [7, 11) is -3.48. The minimum atomic E-state index is -3.48. The van der Waals surface area contributed by atoms with Crippen molar-refractivity contribution in [1.82, 2.24) is 10.0 Å².